The quantitative estimate of drug-likeness (QED) is 0.165. The van der Waals surface area contributed by atoms with Gasteiger partial charge in [0.2, 0.25) is 0 Å². The van der Waals surface area contributed by atoms with Gasteiger partial charge in [0.15, 0.2) is 0 Å². The van der Waals surface area contributed by atoms with Crippen LogP contribution in [-0.2, 0) is 52.8 Å². The zero-order valence-corrected chi connectivity index (χ0v) is 20.9. The largest absolute Gasteiger partial charge is 0.358 e. The Labute approximate surface area is 198 Å². The summed E-state index contributed by atoms with van der Waals surface area (Å²) in [6.45, 7) is 4.46. The van der Waals surface area contributed by atoms with E-state index in [1.54, 1.807) is 0 Å². The van der Waals surface area contributed by atoms with E-state index < -0.39 is 0 Å². The summed E-state index contributed by atoms with van der Waals surface area (Å²) in [7, 11) is 0. The van der Waals surface area contributed by atoms with Gasteiger partial charge in [-0.2, -0.15) is 0 Å². The molecular weight excluding hydrogens is 585 g/mol. The molecule has 0 bridgehead atoms. The van der Waals surface area contributed by atoms with Crippen LogP contribution < -0.4 is 0 Å². The Bertz CT molecular complexity index is 1240. The first-order chi connectivity index (χ1) is 11.7. The van der Waals surface area contributed by atoms with Crippen LogP contribution in [-0.4, -0.2) is 9.38 Å². The van der Waals surface area contributed by atoms with E-state index in [1.807, 2.05) is 12.1 Å². The van der Waals surface area contributed by atoms with Crippen LogP contribution in [0.3, 0.4) is 0 Å². The van der Waals surface area contributed by atoms with Crippen molar-refractivity contribution >= 4 is 38.4 Å². The molecule has 0 N–H and O–H groups in total. The molecular formula is C23H20IrN2Y-2. The monoisotopic (exact) mass is 606 g/mol. The number of aromatic nitrogens is 2. The molecule has 0 aliphatic heterocycles. The maximum atomic E-state index is 4.93. The van der Waals surface area contributed by atoms with Crippen LogP contribution >= 0.6 is 0 Å². The van der Waals surface area contributed by atoms with Crippen LogP contribution in [0.1, 0.15) is 25.3 Å². The van der Waals surface area contributed by atoms with Crippen molar-refractivity contribution in [3.05, 3.63) is 79.7 Å². The summed E-state index contributed by atoms with van der Waals surface area (Å²) in [5.41, 5.74) is 5.73. The van der Waals surface area contributed by atoms with E-state index in [4.69, 9.17) is 4.98 Å². The number of nitrogens with zero attached hydrogens (tertiary/aromatic N) is 2. The Morgan fingerprint density at radius 1 is 0.926 bits per heavy atom. The predicted octanol–water partition coefficient (Wildman–Crippen LogP) is 6.16. The van der Waals surface area contributed by atoms with Gasteiger partial charge in [0.1, 0.15) is 0 Å². The standard InChI is InChI=1S/C22H17N2.CH3.Ir.Y/c1-14(2)15-11-12-19-21(13-15)24-20-10-6-5-8-17(20)16-7-3-4-9-18(16)22(24)23-19;;;/h3-8,10-14H,1-2H3;1H3;;/q2*-1;;. The van der Waals surface area contributed by atoms with Gasteiger partial charge in [0.25, 0.3) is 0 Å². The molecule has 0 atom stereocenters. The first-order valence-electron chi connectivity index (χ1n) is 8.37. The van der Waals surface area contributed by atoms with E-state index in [-0.39, 0.29) is 60.2 Å². The molecule has 0 unspecified atom stereocenters. The number of imidazole rings is 1. The molecule has 0 spiro atoms. The molecule has 2 heterocycles. The molecule has 5 aromatic rings. The fourth-order valence-electron chi connectivity index (χ4n) is 3.61. The van der Waals surface area contributed by atoms with Gasteiger partial charge in [-0.1, -0.05) is 43.5 Å². The zero-order chi connectivity index (χ0) is 16.3. The Morgan fingerprint density at radius 2 is 1.67 bits per heavy atom. The Morgan fingerprint density at radius 3 is 2.44 bits per heavy atom. The van der Waals surface area contributed by atoms with Crippen molar-refractivity contribution < 1.29 is 52.8 Å². The minimum atomic E-state index is 0. The molecule has 2 radical (unpaired) electrons. The normalized spacial score (nSPS) is 10.8. The van der Waals surface area contributed by atoms with E-state index in [1.165, 1.54) is 27.4 Å². The number of hydrogen-bond donors (Lipinski definition) is 0. The first-order valence-corrected chi connectivity index (χ1v) is 8.37. The van der Waals surface area contributed by atoms with Crippen molar-refractivity contribution in [3.63, 3.8) is 0 Å². The van der Waals surface area contributed by atoms with E-state index in [2.05, 4.69) is 72.8 Å². The Balaban J connectivity index is 0.000000871. The van der Waals surface area contributed by atoms with Gasteiger partial charge in [-0.3, -0.25) is 4.98 Å². The van der Waals surface area contributed by atoms with Crippen LogP contribution in [0.25, 0.3) is 38.4 Å². The zero-order valence-electron chi connectivity index (χ0n) is 15.7. The van der Waals surface area contributed by atoms with Crippen molar-refractivity contribution in [1.29, 1.82) is 0 Å². The van der Waals surface area contributed by atoms with Crippen molar-refractivity contribution in [2.45, 2.75) is 19.8 Å². The molecule has 4 heteroatoms. The second-order valence-corrected chi connectivity index (χ2v) is 6.65. The number of para-hydroxylation sites is 1. The van der Waals surface area contributed by atoms with Gasteiger partial charge in [-0.15, -0.1) is 29.7 Å². The summed E-state index contributed by atoms with van der Waals surface area (Å²) >= 11 is 0. The smallest absolute Gasteiger partial charge is 0.0774 e. The molecule has 2 nitrogen and oxygen atoms in total. The molecule has 0 aliphatic carbocycles. The SMILES string of the molecule is CC(C)c1ccc2nc3c4[c-]cccc4c4ccccc4n3c2c1.[CH3-].[Ir].[Y]. The third-order valence-corrected chi connectivity index (χ3v) is 4.86. The molecule has 5 rings (SSSR count). The van der Waals surface area contributed by atoms with Crippen LogP contribution in [0.15, 0.2) is 60.7 Å². The molecule has 3 aromatic carbocycles. The van der Waals surface area contributed by atoms with Crippen molar-refractivity contribution in [1.82, 2.24) is 9.38 Å². The molecule has 27 heavy (non-hydrogen) atoms. The number of fused-ring (bicyclic) bond motifs is 8. The minimum absolute atomic E-state index is 0. The van der Waals surface area contributed by atoms with Crippen LogP contribution in [0, 0.1) is 13.5 Å². The van der Waals surface area contributed by atoms with E-state index >= 15 is 0 Å². The maximum absolute atomic E-state index is 4.93. The van der Waals surface area contributed by atoms with Gasteiger partial charge in [-0.25, -0.2) is 0 Å². The van der Waals surface area contributed by atoms with E-state index in [0.717, 1.165) is 16.6 Å². The van der Waals surface area contributed by atoms with Gasteiger partial charge >= 0.3 is 0 Å². The molecule has 136 valence electrons. The summed E-state index contributed by atoms with van der Waals surface area (Å²) in [6, 6.07) is 24.7. The minimum Gasteiger partial charge on any atom is -0.358 e. The number of hydrogen-bond acceptors (Lipinski definition) is 1. The van der Waals surface area contributed by atoms with Gasteiger partial charge in [0, 0.05) is 58.3 Å². The average Bonchev–Trinajstić information content (AvgIpc) is 3.01. The number of pyridine rings is 1. The van der Waals surface area contributed by atoms with Gasteiger partial charge in [0.05, 0.1) is 16.7 Å². The van der Waals surface area contributed by atoms with E-state index in [0.29, 0.717) is 5.92 Å². The number of benzene rings is 3. The molecule has 0 saturated heterocycles. The first kappa shape index (κ1) is 22.2. The summed E-state index contributed by atoms with van der Waals surface area (Å²) in [6.07, 6.45) is 0. The molecule has 0 amide bonds. The van der Waals surface area contributed by atoms with Crippen molar-refractivity contribution in [3.8, 4) is 0 Å². The summed E-state index contributed by atoms with van der Waals surface area (Å²) in [5, 5.41) is 3.53. The summed E-state index contributed by atoms with van der Waals surface area (Å²) < 4.78 is 2.29. The third-order valence-electron chi connectivity index (χ3n) is 4.86. The van der Waals surface area contributed by atoms with Crippen molar-refractivity contribution in [2.24, 2.45) is 0 Å². The van der Waals surface area contributed by atoms with E-state index in [9.17, 15) is 0 Å². The summed E-state index contributed by atoms with van der Waals surface area (Å²) in [4.78, 5) is 4.93. The molecule has 0 saturated carbocycles. The predicted molar refractivity (Wildman–Crippen MR) is 107 cm³/mol. The Hall–Kier alpha value is -1.12. The van der Waals surface area contributed by atoms with Crippen LogP contribution in [0.5, 0.6) is 0 Å². The van der Waals surface area contributed by atoms with Gasteiger partial charge in [-0.05, 0) is 35.1 Å². The fraction of sp³-hybridized carbons (Fsp3) is 0.130. The van der Waals surface area contributed by atoms with Crippen molar-refractivity contribution in [2.75, 3.05) is 0 Å². The second kappa shape index (κ2) is 8.49. The fourth-order valence-corrected chi connectivity index (χ4v) is 3.61. The summed E-state index contributed by atoms with van der Waals surface area (Å²) in [5.74, 6) is 0.498. The maximum Gasteiger partial charge on any atom is 0.0774 e. The van der Waals surface area contributed by atoms with Crippen LogP contribution in [0.4, 0.5) is 0 Å². The average molecular weight is 606 g/mol. The topological polar surface area (TPSA) is 17.3 Å². The molecule has 2 aromatic heterocycles. The van der Waals surface area contributed by atoms with Crippen LogP contribution in [0.2, 0.25) is 0 Å². The number of rotatable bonds is 1. The molecule has 0 fully saturated rings. The second-order valence-electron chi connectivity index (χ2n) is 6.65. The third kappa shape index (κ3) is 3.40. The Kier molecular flexibility index (Phi) is 6.97. The molecule has 0 aliphatic rings. The van der Waals surface area contributed by atoms with Gasteiger partial charge < -0.3 is 11.8 Å².